The van der Waals surface area contributed by atoms with E-state index in [-0.39, 0.29) is 24.9 Å². The zero-order valence-electron chi connectivity index (χ0n) is 9.86. The van der Waals surface area contributed by atoms with Crippen molar-refractivity contribution in [3.8, 4) is 0 Å². The fourth-order valence-corrected chi connectivity index (χ4v) is 1.07. The molecule has 0 saturated heterocycles. The number of nitrogens with two attached hydrogens (primary N) is 1. The highest BCUT2D eigenvalue weighted by atomic mass is 16.4. The first kappa shape index (κ1) is 15.4. The molecule has 1 atom stereocenters. The molecule has 0 aromatic rings. The lowest BCUT2D eigenvalue weighted by Gasteiger charge is -2.07. The highest BCUT2D eigenvalue weighted by molar-refractivity contribution is 5.85. The predicted molar refractivity (Wildman–Crippen MR) is 61.1 cm³/mol. The molecule has 17 heavy (non-hydrogen) atoms. The molecule has 7 nitrogen and oxygen atoms in total. The van der Waals surface area contributed by atoms with Gasteiger partial charge in [0.05, 0.1) is 19.0 Å². The minimum atomic E-state index is -0.841. The summed E-state index contributed by atoms with van der Waals surface area (Å²) in [4.78, 5) is 32.4. The predicted octanol–water partition coefficient (Wildman–Crippen LogP) is -1.32. The van der Waals surface area contributed by atoms with Gasteiger partial charge in [-0.25, -0.2) is 0 Å². The summed E-state index contributed by atoms with van der Waals surface area (Å²) in [7, 11) is 0. The van der Waals surface area contributed by atoms with Gasteiger partial charge in [0, 0.05) is 6.54 Å². The van der Waals surface area contributed by atoms with E-state index < -0.39 is 11.9 Å². The molecule has 0 rings (SSSR count). The first-order valence-corrected chi connectivity index (χ1v) is 5.43. The minimum absolute atomic E-state index is 0.107. The highest BCUT2D eigenvalue weighted by Gasteiger charge is 2.10. The molecule has 0 aliphatic heterocycles. The number of amides is 2. The Bertz CT molecular complexity index is 281. The van der Waals surface area contributed by atoms with Crippen LogP contribution in [0.5, 0.6) is 0 Å². The maximum Gasteiger partial charge on any atom is 0.306 e. The fraction of sp³-hybridized carbons (Fsp3) is 0.700. The van der Waals surface area contributed by atoms with Crippen molar-refractivity contribution in [2.24, 2.45) is 11.7 Å². The first-order valence-electron chi connectivity index (χ1n) is 5.43. The summed E-state index contributed by atoms with van der Waals surface area (Å²) in [5.41, 5.74) is 5.04. The van der Waals surface area contributed by atoms with Gasteiger partial charge in [-0.3, -0.25) is 14.4 Å². The molecule has 2 amide bonds. The second-order valence-corrected chi connectivity index (χ2v) is 3.71. The van der Waals surface area contributed by atoms with Crippen LogP contribution in [0.25, 0.3) is 0 Å². The quantitative estimate of drug-likeness (QED) is 0.395. The fourth-order valence-electron chi connectivity index (χ4n) is 1.07. The molecule has 0 aromatic heterocycles. The van der Waals surface area contributed by atoms with Crippen LogP contribution in [0.1, 0.15) is 19.8 Å². The van der Waals surface area contributed by atoms with Crippen molar-refractivity contribution in [2.75, 3.05) is 19.6 Å². The number of carbonyl (C=O) groups excluding carboxylic acids is 2. The van der Waals surface area contributed by atoms with E-state index in [1.54, 1.807) is 6.92 Å². The molecule has 0 heterocycles. The molecule has 7 heteroatoms. The third kappa shape index (κ3) is 8.21. The Morgan fingerprint density at radius 3 is 2.41 bits per heavy atom. The smallest absolute Gasteiger partial charge is 0.306 e. The average molecular weight is 245 g/mol. The molecule has 98 valence electrons. The van der Waals surface area contributed by atoms with Crippen LogP contribution in [0.2, 0.25) is 0 Å². The van der Waals surface area contributed by atoms with Gasteiger partial charge in [-0.15, -0.1) is 0 Å². The van der Waals surface area contributed by atoms with Crippen molar-refractivity contribution >= 4 is 17.8 Å². The van der Waals surface area contributed by atoms with Crippen LogP contribution in [0.15, 0.2) is 0 Å². The Hall–Kier alpha value is -1.63. The number of hydrogen-bond acceptors (Lipinski definition) is 4. The maximum atomic E-state index is 11.2. The number of rotatable bonds is 8. The standard InChI is InChI=1S/C10H19N3O4/c1-7(10(16)17)3-2-4-12-9(15)6-13-8(14)5-11/h7H,2-6,11H2,1H3,(H,12,15)(H,13,14)(H,16,17). The molecule has 0 saturated carbocycles. The SMILES string of the molecule is CC(CCCNC(=O)CNC(=O)CN)C(=O)O. The van der Waals surface area contributed by atoms with Crippen LogP contribution in [0.3, 0.4) is 0 Å². The number of hydrogen-bond donors (Lipinski definition) is 4. The average Bonchev–Trinajstić information content (AvgIpc) is 2.30. The van der Waals surface area contributed by atoms with Crippen molar-refractivity contribution < 1.29 is 19.5 Å². The van der Waals surface area contributed by atoms with Gasteiger partial charge in [0.1, 0.15) is 0 Å². The van der Waals surface area contributed by atoms with Crippen LogP contribution in [-0.4, -0.2) is 42.5 Å². The van der Waals surface area contributed by atoms with E-state index >= 15 is 0 Å². The third-order valence-corrected chi connectivity index (χ3v) is 2.19. The summed E-state index contributed by atoms with van der Waals surface area (Å²) < 4.78 is 0. The van der Waals surface area contributed by atoms with Crippen molar-refractivity contribution in [1.82, 2.24) is 10.6 Å². The zero-order valence-corrected chi connectivity index (χ0v) is 9.86. The number of nitrogens with one attached hydrogen (secondary N) is 2. The van der Waals surface area contributed by atoms with Crippen molar-refractivity contribution in [2.45, 2.75) is 19.8 Å². The van der Waals surface area contributed by atoms with E-state index in [9.17, 15) is 14.4 Å². The highest BCUT2D eigenvalue weighted by Crippen LogP contribution is 2.03. The summed E-state index contributed by atoms with van der Waals surface area (Å²) in [6.45, 7) is 1.76. The number of carboxylic acids is 1. The molecule has 0 aliphatic rings. The molecule has 0 aliphatic carbocycles. The third-order valence-electron chi connectivity index (χ3n) is 2.19. The Balaban J connectivity index is 3.52. The summed E-state index contributed by atoms with van der Waals surface area (Å²) in [6.07, 6.45) is 1.09. The molecule has 0 fully saturated rings. The van der Waals surface area contributed by atoms with Gasteiger partial charge in [-0.05, 0) is 12.8 Å². The van der Waals surface area contributed by atoms with Crippen LogP contribution in [0, 0.1) is 5.92 Å². The van der Waals surface area contributed by atoms with Crippen LogP contribution in [0.4, 0.5) is 0 Å². The summed E-state index contributed by atoms with van der Waals surface area (Å²) in [5.74, 6) is -1.95. The summed E-state index contributed by atoms with van der Waals surface area (Å²) >= 11 is 0. The van der Waals surface area contributed by atoms with Gasteiger partial charge in [0.2, 0.25) is 11.8 Å². The Morgan fingerprint density at radius 2 is 1.88 bits per heavy atom. The number of aliphatic carboxylic acids is 1. The number of carboxylic acid groups (broad SMARTS) is 1. The lowest BCUT2D eigenvalue weighted by atomic mass is 10.1. The Kier molecular flexibility index (Phi) is 7.70. The minimum Gasteiger partial charge on any atom is -0.481 e. The van der Waals surface area contributed by atoms with Gasteiger partial charge >= 0.3 is 5.97 Å². The van der Waals surface area contributed by atoms with Crippen LogP contribution in [-0.2, 0) is 14.4 Å². The number of carbonyl (C=O) groups is 3. The van der Waals surface area contributed by atoms with Crippen molar-refractivity contribution in [1.29, 1.82) is 0 Å². The van der Waals surface area contributed by atoms with Crippen LogP contribution >= 0.6 is 0 Å². The largest absolute Gasteiger partial charge is 0.481 e. The lowest BCUT2D eigenvalue weighted by molar-refractivity contribution is -0.141. The van der Waals surface area contributed by atoms with Crippen molar-refractivity contribution in [3.63, 3.8) is 0 Å². The maximum absolute atomic E-state index is 11.2. The van der Waals surface area contributed by atoms with E-state index in [0.717, 1.165) is 0 Å². The molecule has 1 unspecified atom stereocenters. The normalized spacial score (nSPS) is 11.6. The zero-order chi connectivity index (χ0) is 13.3. The lowest BCUT2D eigenvalue weighted by Crippen LogP contribution is -2.39. The first-order chi connectivity index (χ1) is 7.97. The molecule has 5 N–H and O–H groups in total. The molecule has 0 radical (unpaired) electrons. The Labute approximate surface area is 99.7 Å². The van der Waals surface area contributed by atoms with Gasteiger partial charge in [0.25, 0.3) is 0 Å². The van der Waals surface area contributed by atoms with Gasteiger partial charge < -0.3 is 21.5 Å². The summed E-state index contributed by atoms with van der Waals surface area (Å²) in [6, 6.07) is 0. The van der Waals surface area contributed by atoms with Crippen molar-refractivity contribution in [3.05, 3.63) is 0 Å². The Morgan fingerprint density at radius 1 is 1.24 bits per heavy atom. The molecular formula is C10H19N3O4. The molecule has 0 aromatic carbocycles. The monoisotopic (exact) mass is 245 g/mol. The molecule has 0 bridgehead atoms. The second kappa shape index (κ2) is 8.51. The summed E-state index contributed by atoms with van der Waals surface area (Å²) in [5, 5.41) is 13.5. The van der Waals surface area contributed by atoms with Gasteiger partial charge in [-0.1, -0.05) is 6.92 Å². The van der Waals surface area contributed by atoms with E-state index in [1.807, 2.05) is 0 Å². The van der Waals surface area contributed by atoms with E-state index in [4.69, 9.17) is 10.8 Å². The van der Waals surface area contributed by atoms with E-state index in [1.165, 1.54) is 0 Å². The second-order valence-electron chi connectivity index (χ2n) is 3.71. The van der Waals surface area contributed by atoms with Gasteiger partial charge in [-0.2, -0.15) is 0 Å². The van der Waals surface area contributed by atoms with Gasteiger partial charge in [0.15, 0.2) is 0 Å². The van der Waals surface area contributed by atoms with Crippen LogP contribution < -0.4 is 16.4 Å². The van der Waals surface area contributed by atoms with E-state index in [0.29, 0.717) is 19.4 Å². The molecular weight excluding hydrogens is 226 g/mol. The molecule has 0 spiro atoms. The van der Waals surface area contributed by atoms with E-state index in [2.05, 4.69) is 10.6 Å². The topological polar surface area (TPSA) is 122 Å².